The van der Waals surface area contributed by atoms with Crippen molar-refractivity contribution in [2.75, 3.05) is 0 Å². The molecule has 0 radical (unpaired) electrons. The minimum atomic E-state index is -4.59. The van der Waals surface area contributed by atoms with Gasteiger partial charge in [0, 0.05) is 0 Å². The molecular weight excluding hydrogens is 210 g/mol. The minimum absolute atomic E-state index is 0.0351. The van der Waals surface area contributed by atoms with Crippen molar-refractivity contribution in [3.05, 3.63) is 34.6 Å². The summed E-state index contributed by atoms with van der Waals surface area (Å²) < 4.78 is 50.3. The molecular formula is C10H7F4N. The van der Waals surface area contributed by atoms with E-state index in [1.54, 1.807) is 6.07 Å². The second kappa shape index (κ2) is 3.89. The summed E-state index contributed by atoms with van der Waals surface area (Å²) >= 11 is 0. The lowest BCUT2D eigenvalue weighted by Gasteiger charge is -2.11. The third-order valence-corrected chi connectivity index (χ3v) is 1.99. The molecule has 0 aromatic heterocycles. The fourth-order valence-electron chi connectivity index (χ4n) is 1.22. The Morgan fingerprint density at radius 3 is 2.40 bits per heavy atom. The second-order valence-electron chi connectivity index (χ2n) is 3.08. The van der Waals surface area contributed by atoms with E-state index in [-0.39, 0.29) is 12.0 Å². The molecule has 0 heterocycles. The van der Waals surface area contributed by atoms with Crippen LogP contribution in [-0.2, 0) is 12.6 Å². The van der Waals surface area contributed by atoms with E-state index in [1.807, 2.05) is 0 Å². The standard InChI is InChI=1S/C10H7F4N/c1-6-8(10(12,13)14)4-7(2-3-15)5-9(6)11/h4-5H,2H2,1H3. The molecule has 15 heavy (non-hydrogen) atoms. The van der Waals surface area contributed by atoms with Gasteiger partial charge in [-0.05, 0) is 30.2 Å². The van der Waals surface area contributed by atoms with Crippen LogP contribution in [0.1, 0.15) is 16.7 Å². The number of hydrogen-bond donors (Lipinski definition) is 0. The van der Waals surface area contributed by atoms with Gasteiger partial charge in [-0.25, -0.2) is 4.39 Å². The monoisotopic (exact) mass is 217 g/mol. The Hall–Kier alpha value is -1.57. The summed E-state index contributed by atoms with van der Waals surface area (Å²) in [5.41, 5.74) is -1.43. The number of halogens is 4. The van der Waals surface area contributed by atoms with Crippen LogP contribution in [0.3, 0.4) is 0 Å². The van der Waals surface area contributed by atoms with Crippen LogP contribution < -0.4 is 0 Å². The lowest BCUT2D eigenvalue weighted by Crippen LogP contribution is -2.09. The minimum Gasteiger partial charge on any atom is -0.207 e. The van der Waals surface area contributed by atoms with E-state index in [2.05, 4.69) is 0 Å². The fourth-order valence-corrected chi connectivity index (χ4v) is 1.22. The van der Waals surface area contributed by atoms with E-state index < -0.39 is 23.1 Å². The average molecular weight is 217 g/mol. The Morgan fingerprint density at radius 1 is 1.33 bits per heavy atom. The van der Waals surface area contributed by atoms with E-state index in [0.29, 0.717) is 0 Å². The maximum atomic E-state index is 13.1. The largest absolute Gasteiger partial charge is 0.416 e. The van der Waals surface area contributed by atoms with Gasteiger partial charge >= 0.3 is 6.18 Å². The summed E-state index contributed by atoms with van der Waals surface area (Å²) in [5.74, 6) is -0.935. The lowest BCUT2D eigenvalue weighted by molar-refractivity contribution is -0.138. The highest BCUT2D eigenvalue weighted by molar-refractivity contribution is 5.35. The molecule has 0 aliphatic heterocycles. The van der Waals surface area contributed by atoms with Crippen molar-refractivity contribution in [2.24, 2.45) is 0 Å². The van der Waals surface area contributed by atoms with Gasteiger partial charge in [-0.15, -0.1) is 0 Å². The molecule has 0 N–H and O–H groups in total. The Kier molecular flexibility index (Phi) is 2.98. The first kappa shape index (κ1) is 11.5. The molecule has 1 aromatic carbocycles. The first-order valence-electron chi connectivity index (χ1n) is 4.09. The Balaban J connectivity index is 3.33. The lowest BCUT2D eigenvalue weighted by atomic mass is 10.0. The molecule has 0 saturated heterocycles. The van der Waals surface area contributed by atoms with E-state index >= 15 is 0 Å². The van der Waals surface area contributed by atoms with Gasteiger partial charge in [-0.2, -0.15) is 18.4 Å². The van der Waals surface area contributed by atoms with Gasteiger partial charge in [-0.1, -0.05) is 0 Å². The summed E-state index contributed by atoms with van der Waals surface area (Å²) in [6.07, 6.45) is -4.82. The maximum absolute atomic E-state index is 13.1. The van der Waals surface area contributed by atoms with Crippen LogP contribution in [-0.4, -0.2) is 0 Å². The number of nitrogens with zero attached hydrogens (tertiary/aromatic N) is 1. The Labute approximate surface area is 83.9 Å². The molecule has 0 fully saturated rings. The van der Waals surface area contributed by atoms with Crippen LogP contribution in [0.4, 0.5) is 17.6 Å². The molecule has 5 heteroatoms. The molecule has 1 nitrogen and oxygen atoms in total. The molecule has 0 bridgehead atoms. The molecule has 0 spiro atoms. The molecule has 0 saturated carbocycles. The van der Waals surface area contributed by atoms with Crippen molar-refractivity contribution < 1.29 is 17.6 Å². The number of benzene rings is 1. The highest BCUT2D eigenvalue weighted by Crippen LogP contribution is 2.33. The predicted octanol–water partition coefficient (Wildman–Crippen LogP) is 3.22. The molecule has 80 valence electrons. The first-order chi connectivity index (χ1) is 6.86. The highest BCUT2D eigenvalue weighted by Gasteiger charge is 2.33. The van der Waals surface area contributed by atoms with E-state index in [4.69, 9.17) is 5.26 Å². The van der Waals surface area contributed by atoms with Crippen LogP contribution in [0.25, 0.3) is 0 Å². The summed E-state index contributed by atoms with van der Waals surface area (Å²) in [6, 6.07) is 3.43. The first-order valence-corrected chi connectivity index (χ1v) is 4.09. The Morgan fingerprint density at radius 2 is 1.93 bits per heavy atom. The Bertz CT molecular complexity index is 415. The summed E-state index contributed by atoms with van der Waals surface area (Å²) in [6.45, 7) is 1.06. The third kappa shape index (κ3) is 2.46. The molecule has 1 aromatic rings. The zero-order chi connectivity index (χ0) is 11.6. The second-order valence-corrected chi connectivity index (χ2v) is 3.08. The predicted molar refractivity (Wildman–Crippen MR) is 45.5 cm³/mol. The SMILES string of the molecule is Cc1c(F)cc(CC#N)cc1C(F)(F)F. The van der Waals surface area contributed by atoms with Crippen molar-refractivity contribution in [1.29, 1.82) is 5.26 Å². The zero-order valence-electron chi connectivity index (χ0n) is 7.82. The number of nitriles is 1. The maximum Gasteiger partial charge on any atom is 0.416 e. The van der Waals surface area contributed by atoms with Crippen LogP contribution >= 0.6 is 0 Å². The van der Waals surface area contributed by atoms with E-state index in [1.165, 1.54) is 0 Å². The highest BCUT2D eigenvalue weighted by atomic mass is 19.4. The molecule has 0 unspecified atom stereocenters. The van der Waals surface area contributed by atoms with Crippen molar-refractivity contribution in [3.63, 3.8) is 0 Å². The van der Waals surface area contributed by atoms with Crippen molar-refractivity contribution in [3.8, 4) is 6.07 Å². The van der Waals surface area contributed by atoms with E-state index in [9.17, 15) is 17.6 Å². The fraction of sp³-hybridized carbons (Fsp3) is 0.300. The molecule has 1 rings (SSSR count). The summed E-state index contributed by atoms with van der Waals surface area (Å²) in [7, 11) is 0. The quantitative estimate of drug-likeness (QED) is 0.662. The normalized spacial score (nSPS) is 11.2. The van der Waals surface area contributed by atoms with Crippen LogP contribution in [0.5, 0.6) is 0 Å². The topological polar surface area (TPSA) is 23.8 Å². The van der Waals surface area contributed by atoms with Gasteiger partial charge in [0.05, 0.1) is 18.1 Å². The van der Waals surface area contributed by atoms with Crippen LogP contribution in [0.2, 0.25) is 0 Å². The zero-order valence-corrected chi connectivity index (χ0v) is 7.82. The van der Waals surface area contributed by atoms with Crippen molar-refractivity contribution in [2.45, 2.75) is 19.5 Å². The van der Waals surface area contributed by atoms with Gasteiger partial charge in [0.1, 0.15) is 5.82 Å². The average Bonchev–Trinajstić information content (AvgIpc) is 2.09. The molecule has 0 aliphatic carbocycles. The molecule has 0 atom stereocenters. The smallest absolute Gasteiger partial charge is 0.207 e. The van der Waals surface area contributed by atoms with Gasteiger partial charge in [0.25, 0.3) is 0 Å². The number of rotatable bonds is 1. The van der Waals surface area contributed by atoms with Gasteiger partial charge in [0.2, 0.25) is 0 Å². The van der Waals surface area contributed by atoms with Crippen molar-refractivity contribution >= 4 is 0 Å². The van der Waals surface area contributed by atoms with E-state index in [0.717, 1.165) is 19.1 Å². The number of hydrogen-bond acceptors (Lipinski definition) is 1. The third-order valence-electron chi connectivity index (χ3n) is 1.99. The van der Waals surface area contributed by atoms with Gasteiger partial charge < -0.3 is 0 Å². The van der Waals surface area contributed by atoms with Crippen LogP contribution in [0, 0.1) is 24.1 Å². The van der Waals surface area contributed by atoms with Crippen molar-refractivity contribution in [1.82, 2.24) is 0 Å². The molecule has 0 amide bonds. The summed E-state index contributed by atoms with van der Waals surface area (Å²) in [5, 5.41) is 8.32. The number of alkyl halides is 3. The summed E-state index contributed by atoms with van der Waals surface area (Å²) in [4.78, 5) is 0. The molecule has 0 aliphatic rings. The van der Waals surface area contributed by atoms with Gasteiger partial charge in [0.15, 0.2) is 0 Å². The van der Waals surface area contributed by atoms with Gasteiger partial charge in [-0.3, -0.25) is 0 Å². The van der Waals surface area contributed by atoms with Crippen LogP contribution in [0.15, 0.2) is 12.1 Å².